The normalized spacial score (nSPS) is 10.2. The van der Waals surface area contributed by atoms with Crippen LogP contribution in [0.5, 0.6) is 0 Å². The molecule has 0 bridgehead atoms. The number of aromatic nitrogens is 2. The molecule has 0 saturated heterocycles. The van der Waals surface area contributed by atoms with Gasteiger partial charge in [-0.15, -0.1) is 0 Å². The molecule has 0 spiro atoms. The molecule has 0 atom stereocenters. The Balaban J connectivity index is 2.20. The third-order valence-electron chi connectivity index (χ3n) is 2.16. The lowest BCUT2D eigenvalue weighted by Crippen LogP contribution is -2.34. The summed E-state index contributed by atoms with van der Waals surface area (Å²) in [7, 11) is 0. The second-order valence-electron chi connectivity index (χ2n) is 3.45. The van der Waals surface area contributed by atoms with Crippen LogP contribution in [-0.2, 0) is 12.2 Å². The maximum absolute atomic E-state index is 10.5. The van der Waals surface area contributed by atoms with E-state index in [-0.39, 0.29) is 5.84 Å². The summed E-state index contributed by atoms with van der Waals surface area (Å²) in [5.74, 6) is 1.76. The van der Waals surface area contributed by atoms with Gasteiger partial charge in [-0.2, -0.15) is 11.8 Å². The number of H-pyrrole nitrogens is 1. The van der Waals surface area contributed by atoms with E-state index in [9.17, 15) is 4.79 Å². The topological polar surface area (TPSA) is 108 Å². The average molecular weight is 255 g/mol. The molecule has 1 aromatic heterocycles. The van der Waals surface area contributed by atoms with E-state index in [0.29, 0.717) is 6.42 Å². The van der Waals surface area contributed by atoms with Gasteiger partial charge in [0.2, 0.25) is 0 Å². The molecule has 6 nitrogen and oxygen atoms in total. The number of nitrogens with zero attached hydrogens (tertiary/aromatic N) is 1. The van der Waals surface area contributed by atoms with Gasteiger partial charge in [0.15, 0.2) is 0 Å². The Labute approximate surface area is 104 Å². The summed E-state index contributed by atoms with van der Waals surface area (Å²) in [5.41, 5.74) is 7.12. The van der Waals surface area contributed by atoms with E-state index in [1.807, 2.05) is 0 Å². The number of amidine groups is 1. The van der Waals surface area contributed by atoms with Crippen LogP contribution in [0.1, 0.15) is 24.7 Å². The number of aromatic amines is 1. The van der Waals surface area contributed by atoms with Crippen molar-refractivity contribution in [1.82, 2.24) is 15.3 Å². The maximum atomic E-state index is 10.5. The van der Waals surface area contributed by atoms with E-state index >= 15 is 0 Å². The van der Waals surface area contributed by atoms with Crippen molar-refractivity contribution in [3.8, 4) is 0 Å². The zero-order valence-corrected chi connectivity index (χ0v) is 10.6. The Morgan fingerprint density at radius 3 is 3.12 bits per heavy atom. The van der Waals surface area contributed by atoms with Crippen molar-refractivity contribution in [2.24, 2.45) is 5.73 Å². The summed E-state index contributed by atoms with van der Waals surface area (Å²) in [6.07, 6.45) is 3.12. The molecule has 7 heteroatoms. The van der Waals surface area contributed by atoms with Crippen LogP contribution in [0, 0.1) is 5.41 Å². The van der Waals surface area contributed by atoms with Crippen molar-refractivity contribution in [1.29, 1.82) is 5.41 Å². The Bertz CT molecular complexity index is 390. The Morgan fingerprint density at radius 1 is 1.71 bits per heavy atom. The number of rotatable bonds is 6. The number of carbonyl (C=O) groups is 1. The molecule has 0 aliphatic rings. The highest BCUT2D eigenvalue weighted by atomic mass is 32.2. The van der Waals surface area contributed by atoms with Gasteiger partial charge in [0.05, 0.1) is 12.0 Å². The lowest BCUT2D eigenvalue weighted by Gasteiger charge is -2.04. The molecule has 1 rings (SSSR count). The molecule has 2 amide bonds. The minimum absolute atomic E-state index is 0.158. The molecule has 94 valence electrons. The first-order valence-electron chi connectivity index (χ1n) is 5.36. The highest BCUT2D eigenvalue weighted by Gasteiger charge is 2.04. The number of carbonyl (C=O) groups excluding carboxylic acids is 1. The molecular weight excluding hydrogens is 238 g/mol. The van der Waals surface area contributed by atoms with Crippen LogP contribution < -0.4 is 11.1 Å². The maximum Gasteiger partial charge on any atom is 0.317 e. The molecule has 17 heavy (non-hydrogen) atoms. The van der Waals surface area contributed by atoms with Crippen LogP contribution in [0.15, 0.2) is 6.33 Å². The number of thioether (sulfide) groups is 1. The molecule has 0 saturated carbocycles. The number of hydrogen-bond donors (Lipinski definition) is 4. The molecule has 0 aliphatic carbocycles. The van der Waals surface area contributed by atoms with Crippen LogP contribution in [0.4, 0.5) is 4.79 Å². The molecule has 0 unspecified atom stereocenters. The molecule has 1 heterocycles. The molecule has 0 radical (unpaired) electrons. The van der Waals surface area contributed by atoms with Gasteiger partial charge in [0.1, 0.15) is 5.84 Å². The molecule has 0 aliphatic heterocycles. The first-order chi connectivity index (χ1) is 8.13. The lowest BCUT2D eigenvalue weighted by molar-refractivity contribution is 0.253. The third kappa shape index (κ3) is 4.90. The van der Waals surface area contributed by atoms with Gasteiger partial charge in [-0.3, -0.25) is 10.7 Å². The van der Waals surface area contributed by atoms with Crippen LogP contribution in [0.3, 0.4) is 0 Å². The molecular formula is C10H17N5OS. The second-order valence-corrected chi connectivity index (χ2v) is 4.56. The van der Waals surface area contributed by atoms with Crippen molar-refractivity contribution < 1.29 is 4.79 Å². The number of aryl methyl sites for hydroxylation is 1. The average Bonchev–Trinajstić information content (AvgIpc) is 2.70. The van der Waals surface area contributed by atoms with Crippen LogP contribution in [0.25, 0.3) is 0 Å². The van der Waals surface area contributed by atoms with Crippen molar-refractivity contribution in [3.63, 3.8) is 0 Å². The van der Waals surface area contributed by atoms with E-state index < -0.39 is 6.03 Å². The van der Waals surface area contributed by atoms with Crippen molar-refractivity contribution in [2.45, 2.75) is 25.5 Å². The summed E-state index contributed by atoms with van der Waals surface area (Å²) >= 11 is 1.69. The van der Waals surface area contributed by atoms with E-state index in [0.717, 1.165) is 29.3 Å². The van der Waals surface area contributed by atoms with Crippen molar-refractivity contribution in [3.05, 3.63) is 17.7 Å². The predicted octanol–water partition coefficient (Wildman–Crippen LogP) is 1.24. The number of amides is 2. The van der Waals surface area contributed by atoms with Gasteiger partial charge in [-0.1, -0.05) is 6.92 Å². The highest BCUT2D eigenvalue weighted by Crippen LogP contribution is 2.14. The monoisotopic (exact) mass is 255 g/mol. The van der Waals surface area contributed by atoms with E-state index in [4.69, 9.17) is 11.1 Å². The minimum Gasteiger partial charge on any atom is -0.351 e. The predicted molar refractivity (Wildman–Crippen MR) is 69.2 cm³/mol. The number of urea groups is 1. The SMILES string of the molecule is CCc1nc[nH]c1CSCCC(=N)NC(N)=O. The number of nitrogens with two attached hydrogens (primary N) is 1. The standard InChI is InChI=1S/C10H17N5OS/c1-2-7-8(14-6-13-7)5-17-4-3-9(11)15-10(12)16/h6H,2-5H2,1H3,(H,13,14)(H4,11,12,15,16). The molecule has 1 aromatic rings. The second kappa shape index (κ2) is 6.95. The number of nitrogens with one attached hydrogen (secondary N) is 3. The number of imidazole rings is 1. The van der Waals surface area contributed by atoms with Gasteiger partial charge in [0.25, 0.3) is 0 Å². The van der Waals surface area contributed by atoms with E-state index in [1.54, 1.807) is 18.1 Å². The zero-order valence-electron chi connectivity index (χ0n) is 9.75. The van der Waals surface area contributed by atoms with Crippen molar-refractivity contribution >= 4 is 23.6 Å². The summed E-state index contributed by atoms with van der Waals surface area (Å²) in [4.78, 5) is 17.8. The molecule has 5 N–H and O–H groups in total. The van der Waals surface area contributed by atoms with Gasteiger partial charge < -0.3 is 10.7 Å². The summed E-state index contributed by atoms with van der Waals surface area (Å²) in [6, 6.07) is -0.679. The van der Waals surface area contributed by atoms with E-state index in [2.05, 4.69) is 22.2 Å². The summed E-state index contributed by atoms with van der Waals surface area (Å²) in [5, 5.41) is 9.65. The Kier molecular flexibility index (Phi) is 5.55. The largest absolute Gasteiger partial charge is 0.351 e. The first kappa shape index (κ1) is 13.6. The van der Waals surface area contributed by atoms with Gasteiger partial charge in [-0.05, 0) is 6.42 Å². The first-order valence-corrected chi connectivity index (χ1v) is 6.51. The zero-order chi connectivity index (χ0) is 12.7. The molecule has 0 aromatic carbocycles. The quantitative estimate of drug-likeness (QED) is 0.349. The van der Waals surface area contributed by atoms with Crippen LogP contribution in [-0.4, -0.2) is 27.6 Å². The molecule has 0 fully saturated rings. The number of hydrogen-bond acceptors (Lipinski definition) is 4. The lowest BCUT2D eigenvalue weighted by atomic mass is 10.3. The highest BCUT2D eigenvalue weighted by molar-refractivity contribution is 7.98. The van der Waals surface area contributed by atoms with Crippen molar-refractivity contribution in [2.75, 3.05) is 5.75 Å². The Morgan fingerprint density at radius 2 is 2.47 bits per heavy atom. The fraction of sp³-hybridized carbons (Fsp3) is 0.500. The van der Waals surface area contributed by atoms with Gasteiger partial charge in [-0.25, -0.2) is 9.78 Å². The van der Waals surface area contributed by atoms with E-state index in [1.165, 1.54) is 0 Å². The Hall–Kier alpha value is -1.50. The fourth-order valence-corrected chi connectivity index (χ4v) is 2.29. The smallest absolute Gasteiger partial charge is 0.317 e. The van der Waals surface area contributed by atoms with Gasteiger partial charge in [0, 0.05) is 23.6 Å². The van der Waals surface area contributed by atoms with Gasteiger partial charge >= 0.3 is 6.03 Å². The third-order valence-corrected chi connectivity index (χ3v) is 3.14. The van der Waals surface area contributed by atoms with Crippen LogP contribution in [0.2, 0.25) is 0 Å². The van der Waals surface area contributed by atoms with Crippen LogP contribution >= 0.6 is 11.8 Å². The number of primary amides is 1. The summed E-state index contributed by atoms with van der Waals surface area (Å²) in [6.45, 7) is 2.07. The minimum atomic E-state index is -0.679. The summed E-state index contributed by atoms with van der Waals surface area (Å²) < 4.78 is 0. The fourth-order valence-electron chi connectivity index (χ4n) is 1.34.